The number of ether oxygens (including phenoxy) is 1. The molecule has 0 spiro atoms. The molecule has 0 fully saturated rings. The first-order chi connectivity index (χ1) is 8.96. The van der Waals surface area contributed by atoms with Crippen molar-refractivity contribution in [3.05, 3.63) is 63.9 Å². The summed E-state index contributed by atoms with van der Waals surface area (Å²) < 4.78 is 20.2. The van der Waals surface area contributed by atoms with Crippen LogP contribution >= 0.6 is 15.9 Å². The van der Waals surface area contributed by atoms with Crippen LogP contribution in [0.3, 0.4) is 0 Å². The zero-order valence-corrected chi connectivity index (χ0v) is 12.4. The van der Waals surface area contributed by atoms with Gasteiger partial charge in [-0.25, -0.2) is 4.39 Å². The molecule has 0 heterocycles. The molecule has 0 saturated heterocycles. The largest absolute Gasteiger partial charge is 0.494 e. The molecule has 0 amide bonds. The average Bonchev–Trinajstić information content (AvgIpc) is 2.38. The molecule has 2 rings (SSSR count). The molecule has 0 bridgehead atoms. The van der Waals surface area contributed by atoms with Crippen molar-refractivity contribution in [3.63, 3.8) is 0 Å². The number of methoxy groups -OCH3 is 1. The van der Waals surface area contributed by atoms with Crippen LogP contribution in [0.15, 0.2) is 46.9 Å². The fourth-order valence-corrected chi connectivity index (χ4v) is 2.44. The van der Waals surface area contributed by atoms with Crippen molar-refractivity contribution in [1.82, 2.24) is 0 Å². The Morgan fingerprint density at radius 1 is 1.21 bits per heavy atom. The molecule has 0 aliphatic heterocycles. The van der Waals surface area contributed by atoms with Crippen LogP contribution in [-0.2, 0) is 5.54 Å². The lowest BCUT2D eigenvalue weighted by atomic mass is 9.85. The van der Waals surface area contributed by atoms with Crippen LogP contribution < -0.4 is 10.5 Å². The summed E-state index contributed by atoms with van der Waals surface area (Å²) in [6.45, 7) is 1.78. The Kier molecular flexibility index (Phi) is 3.92. The van der Waals surface area contributed by atoms with E-state index < -0.39 is 11.4 Å². The molecule has 2 aromatic carbocycles. The van der Waals surface area contributed by atoms with Crippen LogP contribution in [0.4, 0.5) is 4.39 Å². The molecular weight excluding hydrogens is 309 g/mol. The van der Waals surface area contributed by atoms with Gasteiger partial charge >= 0.3 is 0 Å². The first-order valence-corrected chi connectivity index (χ1v) is 6.64. The molecule has 0 radical (unpaired) electrons. The Morgan fingerprint density at radius 2 is 1.89 bits per heavy atom. The Balaban J connectivity index is 2.56. The van der Waals surface area contributed by atoms with Crippen molar-refractivity contribution in [3.8, 4) is 5.75 Å². The zero-order chi connectivity index (χ0) is 14.0. The molecule has 0 saturated carbocycles. The summed E-state index contributed by atoms with van der Waals surface area (Å²) >= 11 is 3.40. The molecule has 19 heavy (non-hydrogen) atoms. The monoisotopic (exact) mass is 323 g/mol. The lowest BCUT2D eigenvalue weighted by molar-refractivity contribution is 0.379. The lowest BCUT2D eigenvalue weighted by Crippen LogP contribution is -2.35. The summed E-state index contributed by atoms with van der Waals surface area (Å²) in [5, 5.41) is 0. The van der Waals surface area contributed by atoms with E-state index in [1.54, 1.807) is 25.1 Å². The predicted molar refractivity (Wildman–Crippen MR) is 77.7 cm³/mol. The van der Waals surface area contributed by atoms with Gasteiger partial charge in [0.2, 0.25) is 0 Å². The van der Waals surface area contributed by atoms with Crippen LogP contribution in [-0.4, -0.2) is 7.11 Å². The van der Waals surface area contributed by atoms with Gasteiger partial charge in [-0.2, -0.15) is 0 Å². The van der Waals surface area contributed by atoms with Crippen molar-refractivity contribution in [1.29, 1.82) is 0 Å². The minimum Gasteiger partial charge on any atom is -0.494 e. The standard InChI is InChI=1S/C15H15BrFNO/c1-15(18,10-5-3-6-11(16)9-10)12-7-4-8-13(19-2)14(12)17/h3-9H,18H2,1-2H3. The van der Waals surface area contributed by atoms with Crippen LogP contribution in [0.25, 0.3) is 0 Å². The number of benzene rings is 2. The summed E-state index contributed by atoms with van der Waals surface area (Å²) in [6, 6.07) is 12.5. The molecule has 2 aromatic rings. The zero-order valence-electron chi connectivity index (χ0n) is 10.8. The summed E-state index contributed by atoms with van der Waals surface area (Å²) in [5.41, 5.74) is 6.64. The van der Waals surface area contributed by atoms with Gasteiger partial charge in [0.1, 0.15) is 0 Å². The molecule has 4 heteroatoms. The lowest BCUT2D eigenvalue weighted by Gasteiger charge is -2.27. The van der Waals surface area contributed by atoms with E-state index in [9.17, 15) is 4.39 Å². The van der Waals surface area contributed by atoms with E-state index in [-0.39, 0.29) is 5.75 Å². The molecule has 0 aliphatic carbocycles. The minimum atomic E-state index is -0.928. The third-order valence-corrected chi connectivity index (χ3v) is 3.66. The Labute approximate surface area is 120 Å². The maximum Gasteiger partial charge on any atom is 0.170 e. The highest BCUT2D eigenvalue weighted by molar-refractivity contribution is 9.10. The van der Waals surface area contributed by atoms with E-state index in [1.807, 2.05) is 24.3 Å². The van der Waals surface area contributed by atoms with E-state index in [2.05, 4.69) is 15.9 Å². The van der Waals surface area contributed by atoms with E-state index in [0.717, 1.165) is 10.0 Å². The van der Waals surface area contributed by atoms with Gasteiger partial charge in [-0.05, 0) is 30.7 Å². The topological polar surface area (TPSA) is 35.2 Å². The van der Waals surface area contributed by atoms with Crippen molar-refractivity contribution < 1.29 is 9.13 Å². The van der Waals surface area contributed by atoms with Crippen LogP contribution in [0, 0.1) is 5.82 Å². The van der Waals surface area contributed by atoms with Gasteiger partial charge in [0.05, 0.1) is 12.6 Å². The smallest absolute Gasteiger partial charge is 0.170 e. The van der Waals surface area contributed by atoms with Gasteiger partial charge in [-0.1, -0.05) is 40.2 Å². The average molecular weight is 324 g/mol. The van der Waals surface area contributed by atoms with Gasteiger partial charge < -0.3 is 10.5 Å². The molecule has 0 aromatic heterocycles. The molecule has 1 unspecified atom stereocenters. The van der Waals surface area contributed by atoms with Crippen molar-refractivity contribution in [2.45, 2.75) is 12.5 Å². The van der Waals surface area contributed by atoms with Crippen molar-refractivity contribution in [2.24, 2.45) is 5.73 Å². The Morgan fingerprint density at radius 3 is 2.53 bits per heavy atom. The number of hydrogen-bond acceptors (Lipinski definition) is 2. The van der Waals surface area contributed by atoms with Crippen molar-refractivity contribution in [2.75, 3.05) is 7.11 Å². The normalized spacial score (nSPS) is 13.9. The van der Waals surface area contributed by atoms with Gasteiger partial charge in [0.25, 0.3) is 0 Å². The highest BCUT2D eigenvalue weighted by Crippen LogP contribution is 2.33. The van der Waals surface area contributed by atoms with Gasteiger partial charge in [0, 0.05) is 10.0 Å². The van der Waals surface area contributed by atoms with Gasteiger partial charge in [-0.15, -0.1) is 0 Å². The first kappa shape index (κ1) is 14.0. The quantitative estimate of drug-likeness (QED) is 0.931. The number of nitrogens with two attached hydrogens (primary N) is 1. The SMILES string of the molecule is COc1cccc(C(C)(N)c2cccc(Br)c2)c1F. The molecular formula is C15H15BrFNO. The van der Waals surface area contributed by atoms with Gasteiger partial charge in [-0.3, -0.25) is 0 Å². The second kappa shape index (κ2) is 5.31. The summed E-state index contributed by atoms with van der Waals surface area (Å²) in [4.78, 5) is 0. The maximum atomic E-state index is 14.3. The molecule has 100 valence electrons. The molecule has 2 nitrogen and oxygen atoms in total. The van der Waals surface area contributed by atoms with E-state index in [1.165, 1.54) is 7.11 Å². The van der Waals surface area contributed by atoms with E-state index in [4.69, 9.17) is 10.5 Å². The number of halogens is 2. The summed E-state index contributed by atoms with van der Waals surface area (Å²) in [5.74, 6) is -0.223. The van der Waals surface area contributed by atoms with Crippen LogP contribution in [0.1, 0.15) is 18.1 Å². The van der Waals surface area contributed by atoms with Gasteiger partial charge in [0.15, 0.2) is 11.6 Å². The molecule has 1 atom stereocenters. The fraction of sp³-hybridized carbons (Fsp3) is 0.200. The Bertz CT molecular complexity index is 598. The second-order valence-electron chi connectivity index (χ2n) is 4.53. The molecule has 2 N–H and O–H groups in total. The maximum absolute atomic E-state index is 14.3. The first-order valence-electron chi connectivity index (χ1n) is 5.84. The fourth-order valence-electron chi connectivity index (χ4n) is 2.04. The highest BCUT2D eigenvalue weighted by atomic mass is 79.9. The van der Waals surface area contributed by atoms with Crippen molar-refractivity contribution >= 4 is 15.9 Å². The number of rotatable bonds is 3. The highest BCUT2D eigenvalue weighted by Gasteiger charge is 2.28. The van der Waals surface area contributed by atoms with Crippen LogP contribution in [0.2, 0.25) is 0 Å². The van der Waals surface area contributed by atoms with E-state index in [0.29, 0.717) is 5.56 Å². The third-order valence-electron chi connectivity index (χ3n) is 3.17. The minimum absolute atomic E-state index is 0.198. The van der Waals surface area contributed by atoms with E-state index >= 15 is 0 Å². The van der Waals surface area contributed by atoms with Crippen LogP contribution in [0.5, 0.6) is 5.75 Å². The predicted octanol–water partition coefficient (Wildman–Crippen LogP) is 3.82. The second-order valence-corrected chi connectivity index (χ2v) is 5.45. The molecule has 0 aliphatic rings. The number of hydrogen-bond donors (Lipinski definition) is 1. The third kappa shape index (κ3) is 2.65. The summed E-state index contributed by atoms with van der Waals surface area (Å²) in [7, 11) is 1.44. The summed E-state index contributed by atoms with van der Waals surface area (Å²) in [6.07, 6.45) is 0. The Hall–Kier alpha value is -1.39.